The van der Waals surface area contributed by atoms with Gasteiger partial charge < -0.3 is 5.32 Å². The number of hydrogen-bond acceptors (Lipinski definition) is 3. The van der Waals surface area contributed by atoms with Crippen LogP contribution in [0.15, 0.2) is 36.4 Å². The largest absolute Gasteiger partial charge is 0.324 e. The van der Waals surface area contributed by atoms with Gasteiger partial charge in [0, 0.05) is 5.69 Å². The van der Waals surface area contributed by atoms with Crippen molar-refractivity contribution < 1.29 is 13.2 Å². The van der Waals surface area contributed by atoms with E-state index in [0.29, 0.717) is 21.4 Å². The molecule has 0 aliphatic heterocycles. The van der Waals surface area contributed by atoms with Gasteiger partial charge in [0.1, 0.15) is 6.04 Å². The van der Waals surface area contributed by atoms with Crippen LogP contribution < -0.4 is 9.62 Å². The molecular weight excluding hydrogens is 395 g/mol. The smallest absolute Gasteiger partial charge is 0.247 e. The number of anilines is 2. The number of carbonyl (C=O) groups excluding carboxylic acids is 1. The van der Waals surface area contributed by atoms with Gasteiger partial charge in [0.15, 0.2) is 0 Å². The SMILES string of the molecule is Cc1cc(C)cc(N([C@H](C)C(=O)Nc2ccc(Cl)c(Cl)c2)S(C)(=O)=O)c1. The lowest BCUT2D eigenvalue weighted by Gasteiger charge is -2.28. The van der Waals surface area contributed by atoms with Gasteiger partial charge in [-0.25, -0.2) is 8.42 Å². The molecule has 0 saturated heterocycles. The average Bonchev–Trinajstić information content (AvgIpc) is 2.48. The van der Waals surface area contributed by atoms with Crippen LogP contribution in [0.5, 0.6) is 0 Å². The quantitative estimate of drug-likeness (QED) is 0.787. The standard InChI is InChI=1S/C18H20Cl2N2O3S/c1-11-7-12(2)9-15(8-11)22(26(4,24)25)13(3)18(23)21-14-5-6-16(19)17(20)10-14/h5-10,13H,1-4H3,(H,21,23)/t13-/m1/s1. The zero-order valence-corrected chi connectivity index (χ0v) is 17.2. The summed E-state index contributed by atoms with van der Waals surface area (Å²) < 4.78 is 25.8. The Bertz CT molecular complexity index is 925. The summed E-state index contributed by atoms with van der Waals surface area (Å²) >= 11 is 11.8. The zero-order valence-electron chi connectivity index (χ0n) is 14.9. The topological polar surface area (TPSA) is 66.5 Å². The first-order valence-electron chi connectivity index (χ1n) is 7.82. The van der Waals surface area contributed by atoms with Crippen molar-refractivity contribution in [1.82, 2.24) is 0 Å². The number of halogens is 2. The minimum atomic E-state index is -3.68. The normalized spacial score (nSPS) is 12.5. The number of nitrogens with zero attached hydrogens (tertiary/aromatic N) is 1. The van der Waals surface area contributed by atoms with Crippen LogP contribution >= 0.6 is 23.2 Å². The van der Waals surface area contributed by atoms with Gasteiger partial charge in [-0.2, -0.15) is 0 Å². The van der Waals surface area contributed by atoms with Gasteiger partial charge >= 0.3 is 0 Å². The maximum absolute atomic E-state index is 12.6. The van der Waals surface area contributed by atoms with Crippen molar-refractivity contribution in [1.29, 1.82) is 0 Å². The van der Waals surface area contributed by atoms with Crippen molar-refractivity contribution in [3.63, 3.8) is 0 Å². The second kappa shape index (κ2) is 7.86. The van der Waals surface area contributed by atoms with E-state index < -0.39 is 22.0 Å². The molecule has 1 N–H and O–H groups in total. The van der Waals surface area contributed by atoms with Gasteiger partial charge in [-0.15, -0.1) is 0 Å². The fourth-order valence-electron chi connectivity index (χ4n) is 2.71. The van der Waals surface area contributed by atoms with Crippen LogP contribution in [0.1, 0.15) is 18.1 Å². The van der Waals surface area contributed by atoms with Gasteiger partial charge in [0.05, 0.1) is 22.0 Å². The fourth-order valence-corrected chi connectivity index (χ4v) is 4.16. The summed E-state index contributed by atoms with van der Waals surface area (Å²) in [5.41, 5.74) is 2.70. The Morgan fingerprint density at radius 1 is 1.04 bits per heavy atom. The Hall–Kier alpha value is -1.76. The molecule has 0 heterocycles. The fraction of sp³-hybridized carbons (Fsp3) is 0.278. The Balaban J connectivity index is 2.35. The van der Waals surface area contributed by atoms with Crippen LogP contribution in [0.2, 0.25) is 10.0 Å². The molecule has 0 aliphatic rings. The van der Waals surface area contributed by atoms with Crippen LogP contribution in [0.3, 0.4) is 0 Å². The summed E-state index contributed by atoms with van der Waals surface area (Å²) in [4.78, 5) is 12.6. The summed E-state index contributed by atoms with van der Waals surface area (Å²) in [6, 6.07) is 9.11. The van der Waals surface area contributed by atoms with E-state index in [9.17, 15) is 13.2 Å². The Morgan fingerprint density at radius 3 is 2.12 bits per heavy atom. The summed E-state index contributed by atoms with van der Waals surface area (Å²) in [7, 11) is -3.68. The van der Waals surface area contributed by atoms with Crippen molar-refractivity contribution >= 4 is 50.5 Å². The molecule has 5 nitrogen and oxygen atoms in total. The molecule has 26 heavy (non-hydrogen) atoms. The molecule has 0 unspecified atom stereocenters. The van der Waals surface area contributed by atoms with Crippen LogP contribution in [0, 0.1) is 13.8 Å². The first-order valence-corrected chi connectivity index (χ1v) is 10.4. The van der Waals surface area contributed by atoms with Gasteiger partial charge in [-0.1, -0.05) is 29.3 Å². The molecule has 0 aromatic heterocycles. The molecule has 2 rings (SSSR count). The van der Waals surface area contributed by atoms with Crippen molar-refractivity contribution in [3.05, 3.63) is 57.6 Å². The molecule has 2 aromatic rings. The molecule has 1 atom stereocenters. The molecule has 0 aliphatic carbocycles. The number of aryl methyl sites for hydroxylation is 2. The first kappa shape index (κ1) is 20.6. The van der Waals surface area contributed by atoms with Gasteiger partial charge in [0.25, 0.3) is 0 Å². The first-order chi connectivity index (χ1) is 12.0. The highest BCUT2D eigenvalue weighted by Crippen LogP contribution is 2.27. The molecule has 140 valence electrons. The third kappa shape index (κ3) is 4.90. The molecule has 0 fully saturated rings. The van der Waals surface area contributed by atoms with Gasteiger partial charge in [-0.3, -0.25) is 9.10 Å². The van der Waals surface area contributed by atoms with E-state index in [4.69, 9.17) is 23.2 Å². The van der Waals surface area contributed by atoms with E-state index in [2.05, 4.69) is 5.32 Å². The number of carbonyl (C=O) groups is 1. The average molecular weight is 415 g/mol. The number of sulfonamides is 1. The second-order valence-electron chi connectivity index (χ2n) is 6.20. The highest BCUT2D eigenvalue weighted by Gasteiger charge is 2.29. The maximum Gasteiger partial charge on any atom is 0.247 e. The van der Waals surface area contributed by atoms with E-state index in [-0.39, 0.29) is 0 Å². The van der Waals surface area contributed by atoms with E-state index in [0.717, 1.165) is 21.7 Å². The molecule has 0 radical (unpaired) electrons. The lowest BCUT2D eigenvalue weighted by Crippen LogP contribution is -2.45. The van der Waals surface area contributed by atoms with Crippen molar-refractivity contribution in [3.8, 4) is 0 Å². The Morgan fingerprint density at radius 2 is 1.62 bits per heavy atom. The molecule has 1 amide bonds. The zero-order chi connectivity index (χ0) is 19.6. The van der Waals surface area contributed by atoms with E-state index >= 15 is 0 Å². The lowest BCUT2D eigenvalue weighted by molar-refractivity contribution is -0.116. The molecular formula is C18H20Cl2N2O3S. The summed E-state index contributed by atoms with van der Waals surface area (Å²) in [6.07, 6.45) is 1.08. The third-order valence-corrected chi connectivity index (χ3v) is 5.72. The second-order valence-corrected chi connectivity index (χ2v) is 8.87. The summed E-state index contributed by atoms with van der Waals surface area (Å²) in [5.74, 6) is -0.479. The van der Waals surface area contributed by atoms with Gasteiger partial charge in [-0.05, 0) is 62.2 Å². The number of hydrogen-bond donors (Lipinski definition) is 1. The van der Waals surface area contributed by atoms with E-state index in [1.54, 1.807) is 24.3 Å². The number of amides is 1. The Labute approximate surface area is 164 Å². The van der Waals surface area contributed by atoms with Crippen LogP contribution in [0.4, 0.5) is 11.4 Å². The molecule has 0 bridgehead atoms. The minimum Gasteiger partial charge on any atom is -0.324 e. The third-order valence-electron chi connectivity index (χ3n) is 3.74. The highest BCUT2D eigenvalue weighted by molar-refractivity contribution is 7.92. The van der Waals surface area contributed by atoms with Crippen molar-refractivity contribution in [2.45, 2.75) is 26.8 Å². The lowest BCUT2D eigenvalue weighted by atomic mass is 10.1. The molecule has 8 heteroatoms. The summed E-state index contributed by atoms with van der Waals surface area (Å²) in [5, 5.41) is 3.34. The molecule has 0 spiro atoms. The maximum atomic E-state index is 12.6. The molecule has 0 saturated carbocycles. The van der Waals surface area contributed by atoms with Crippen molar-refractivity contribution in [2.75, 3.05) is 15.9 Å². The number of nitrogens with one attached hydrogen (secondary N) is 1. The summed E-state index contributed by atoms with van der Waals surface area (Å²) in [6.45, 7) is 5.28. The number of rotatable bonds is 5. The number of benzene rings is 2. The van der Waals surface area contributed by atoms with Crippen LogP contribution in [-0.4, -0.2) is 26.6 Å². The van der Waals surface area contributed by atoms with Crippen LogP contribution in [-0.2, 0) is 14.8 Å². The Kier molecular flexibility index (Phi) is 6.21. The monoisotopic (exact) mass is 414 g/mol. The van der Waals surface area contributed by atoms with Crippen LogP contribution in [0.25, 0.3) is 0 Å². The highest BCUT2D eigenvalue weighted by atomic mass is 35.5. The molecule has 2 aromatic carbocycles. The predicted molar refractivity (Wildman–Crippen MR) is 108 cm³/mol. The van der Waals surface area contributed by atoms with Gasteiger partial charge in [0.2, 0.25) is 15.9 Å². The predicted octanol–water partition coefficient (Wildman–Crippen LogP) is 4.40. The minimum absolute atomic E-state index is 0.298. The van der Waals surface area contributed by atoms with E-state index in [1.807, 2.05) is 19.9 Å². The van der Waals surface area contributed by atoms with Crippen molar-refractivity contribution in [2.24, 2.45) is 0 Å². The van der Waals surface area contributed by atoms with E-state index in [1.165, 1.54) is 13.0 Å².